The molecule has 0 unspecified atom stereocenters. The molecule has 4 saturated carbocycles. The van der Waals surface area contributed by atoms with E-state index in [1.54, 1.807) is 0 Å². The van der Waals surface area contributed by atoms with Crippen LogP contribution in [-0.2, 0) is 4.79 Å². The van der Waals surface area contributed by atoms with Gasteiger partial charge in [0, 0.05) is 6.04 Å². The van der Waals surface area contributed by atoms with Crippen molar-refractivity contribution in [2.24, 2.45) is 23.7 Å². The summed E-state index contributed by atoms with van der Waals surface area (Å²) in [5.74, 6) is 4.60. The summed E-state index contributed by atoms with van der Waals surface area (Å²) in [6.07, 6.45) is 6.76. The molecule has 3 heteroatoms. The Morgan fingerprint density at radius 2 is 1.71 bits per heavy atom. The molecule has 1 aromatic carbocycles. The zero-order valence-electron chi connectivity index (χ0n) is 14.8. The Morgan fingerprint density at radius 1 is 1.08 bits per heavy atom. The number of ether oxygens (including phenoxy) is 1. The smallest absolute Gasteiger partial charge is 0.258 e. The molecule has 0 aliphatic heterocycles. The Morgan fingerprint density at radius 3 is 2.33 bits per heavy atom. The van der Waals surface area contributed by atoms with Gasteiger partial charge in [-0.2, -0.15) is 0 Å². The molecule has 0 heterocycles. The summed E-state index contributed by atoms with van der Waals surface area (Å²) in [6.45, 7) is 4.43. The molecule has 1 aromatic rings. The minimum Gasteiger partial charge on any atom is -0.483 e. The lowest BCUT2D eigenvalue weighted by Crippen LogP contribution is -2.56. The van der Waals surface area contributed by atoms with Crippen LogP contribution in [-0.4, -0.2) is 18.6 Å². The van der Waals surface area contributed by atoms with Gasteiger partial charge in [-0.3, -0.25) is 4.79 Å². The highest BCUT2D eigenvalue weighted by molar-refractivity contribution is 5.78. The number of amides is 1. The van der Waals surface area contributed by atoms with Crippen molar-refractivity contribution in [1.82, 2.24) is 5.32 Å². The lowest BCUT2D eigenvalue weighted by molar-refractivity contribution is -0.127. The van der Waals surface area contributed by atoms with Gasteiger partial charge in [0.25, 0.3) is 5.91 Å². The molecule has 1 N–H and O–H groups in total. The number of nitrogens with one attached hydrogen (secondary N) is 1. The fraction of sp³-hybridized carbons (Fsp3) is 0.667. The molecule has 4 fully saturated rings. The second-order valence-corrected chi connectivity index (χ2v) is 8.51. The molecule has 0 radical (unpaired) electrons. The van der Waals surface area contributed by atoms with Crippen molar-refractivity contribution in [3.63, 3.8) is 0 Å². The predicted octanol–water partition coefficient (Wildman–Crippen LogP) is 4.13. The Bertz CT molecular complexity index is 582. The Hall–Kier alpha value is -1.51. The van der Waals surface area contributed by atoms with Gasteiger partial charge in [0.15, 0.2) is 6.61 Å². The Labute approximate surface area is 145 Å². The highest BCUT2D eigenvalue weighted by atomic mass is 16.5. The van der Waals surface area contributed by atoms with Crippen LogP contribution in [0.1, 0.15) is 57.4 Å². The SMILES string of the molecule is CC(C)c1ccccc1OCC(=O)NC1C2CC3CC(C2)CC1C3. The van der Waals surface area contributed by atoms with Crippen LogP contribution in [0.2, 0.25) is 0 Å². The van der Waals surface area contributed by atoms with Crippen LogP contribution in [0, 0.1) is 23.7 Å². The van der Waals surface area contributed by atoms with Gasteiger partial charge in [-0.15, -0.1) is 0 Å². The van der Waals surface area contributed by atoms with Gasteiger partial charge in [0.2, 0.25) is 0 Å². The molecule has 5 rings (SSSR count). The third kappa shape index (κ3) is 3.05. The molecule has 24 heavy (non-hydrogen) atoms. The molecule has 0 spiro atoms. The van der Waals surface area contributed by atoms with Crippen molar-refractivity contribution in [2.75, 3.05) is 6.61 Å². The molecule has 3 nitrogen and oxygen atoms in total. The zero-order valence-corrected chi connectivity index (χ0v) is 14.8. The average molecular weight is 327 g/mol. The molecule has 0 aromatic heterocycles. The first kappa shape index (κ1) is 16.0. The molecule has 0 saturated heterocycles. The largest absolute Gasteiger partial charge is 0.483 e. The maximum atomic E-state index is 12.5. The summed E-state index contributed by atoms with van der Waals surface area (Å²) in [5, 5.41) is 3.32. The van der Waals surface area contributed by atoms with Crippen LogP contribution < -0.4 is 10.1 Å². The number of benzene rings is 1. The van der Waals surface area contributed by atoms with E-state index in [0.717, 1.165) is 17.6 Å². The van der Waals surface area contributed by atoms with E-state index in [-0.39, 0.29) is 12.5 Å². The summed E-state index contributed by atoms with van der Waals surface area (Å²) < 4.78 is 5.84. The second kappa shape index (κ2) is 6.42. The lowest BCUT2D eigenvalue weighted by Gasteiger charge is -2.54. The number of carbonyl (C=O) groups is 1. The van der Waals surface area contributed by atoms with Gasteiger partial charge in [0.1, 0.15) is 5.75 Å². The summed E-state index contributed by atoms with van der Waals surface area (Å²) in [7, 11) is 0. The number of carbonyl (C=O) groups excluding carboxylic acids is 1. The molecule has 1 amide bonds. The molecule has 4 aliphatic rings. The van der Waals surface area contributed by atoms with E-state index in [9.17, 15) is 4.79 Å². The van der Waals surface area contributed by atoms with Crippen molar-refractivity contribution in [1.29, 1.82) is 0 Å². The number of hydrogen-bond acceptors (Lipinski definition) is 2. The summed E-state index contributed by atoms with van der Waals surface area (Å²) in [5.41, 5.74) is 1.17. The topological polar surface area (TPSA) is 38.3 Å². The third-order valence-corrected chi connectivity index (χ3v) is 6.45. The van der Waals surface area contributed by atoms with Crippen LogP contribution in [0.5, 0.6) is 5.75 Å². The number of rotatable bonds is 5. The van der Waals surface area contributed by atoms with E-state index in [4.69, 9.17) is 4.74 Å². The van der Waals surface area contributed by atoms with E-state index in [1.807, 2.05) is 18.2 Å². The van der Waals surface area contributed by atoms with Crippen molar-refractivity contribution < 1.29 is 9.53 Å². The van der Waals surface area contributed by atoms with E-state index in [1.165, 1.54) is 37.7 Å². The highest BCUT2D eigenvalue weighted by Gasteiger charge is 2.48. The van der Waals surface area contributed by atoms with E-state index >= 15 is 0 Å². The van der Waals surface area contributed by atoms with Crippen LogP contribution >= 0.6 is 0 Å². The minimum atomic E-state index is 0.0473. The molecule has 0 atom stereocenters. The van der Waals surface area contributed by atoms with Crippen LogP contribution in [0.25, 0.3) is 0 Å². The molecular formula is C21H29NO2. The van der Waals surface area contributed by atoms with Gasteiger partial charge < -0.3 is 10.1 Å². The number of hydrogen-bond donors (Lipinski definition) is 1. The fourth-order valence-electron chi connectivity index (χ4n) is 5.62. The summed E-state index contributed by atoms with van der Waals surface area (Å²) >= 11 is 0. The van der Waals surface area contributed by atoms with Gasteiger partial charge in [0.05, 0.1) is 0 Å². The Balaban J connectivity index is 1.35. The quantitative estimate of drug-likeness (QED) is 0.883. The van der Waals surface area contributed by atoms with Crippen LogP contribution in [0.15, 0.2) is 24.3 Å². The standard InChI is InChI=1S/C21H29NO2/c1-13(2)18-5-3-4-6-19(18)24-12-20(23)22-21-16-8-14-7-15(10-16)11-17(21)9-14/h3-6,13-17,21H,7-12H2,1-2H3,(H,22,23). The normalized spacial score (nSPS) is 33.7. The first-order valence-corrected chi connectivity index (χ1v) is 9.61. The average Bonchev–Trinajstić information content (AvgIpc) is 2.56. The van der Waals surface area contributed by atoms with Crippen molar-refractivity contribution >= 4 is 5.91 Å². The highest BCUT2D eigenvalue weighted by Crippen LogP contribution is 2.53. The predicted molar refractivity (Wildman–Crippen MR) is 95.0 cm³/mol. The second-order valence-electron chi connectivity index (χ2n) is 8.51. The van der Waals surface area contributed by atoms with E-state index in [2.05, 4.69) is 25.2 Å². The maximum Gasteiger partial charge on any atom is 0.258 e. The van der Waals surface area contributed by atoms with Crippen LogP contribution in [0.4, 0.5) is 0 Å². The summed E-state index contributed by atoms with van der Waals surface area (Å²) in [4.78, 5) is 12.5. The Kier molecular flexibility index (Phi) is 4.28. The van der Waals surface area contributed by atoms with E-state index in [0.29, 0.717) is 23.8 Å². The number of para-hydroxylation sites is 1. The van der Waals surface area contributed by atoms with Gasteiger partial charge in [-0.05, 0) is 73.3 Å². The summed E-state index contributed by atoms with van der Waals surface area (Å²) in [6, 6.07) is 8.43. The first-order chi connectivity index (χ1) is 11.6. The first-order valence-electron chi connectivity index (χ1n) is 9.61. The van der Waals surface area contributed by atoms with Crippen molar-refractivity contribution in [3.05, 3.63) is 29.8 Å². The molecule has 4 bridgehead atoms. The van der Waals surface area contributed by atoms with E-state index < -0.39 is 0 Å². The molecule has 4 aliphatic carbocycles. The van der Waals surface area contributed by atoms with Gasteiger partial charge >= 0.3 is 0 Å². The van der Waals surface area contributed by atoms with Crippen LogP contribution in [0.3, 0.4) is 0 Å². The third-order valence-electron chi connectivity index (χ3n) is 6.45. The van der Waals surface area contributed by atoms with Crippen molar-refractivity contribution in [2.45, 2.75) is 57.9 Å². The molecular weight excluding hydrogens is 298 g/mol. The lowest BCUT2D eigenvalue weighted by atomic mass is 9.54. The monoisotopic (exact) mass is 327 g/mol. The minimum absolute atomic E-state index is 0.0473. The van der Waals surface area contributed by atoms with Crippen molar-refractivity contribution in [3.8, 4) is 5.75 Å². The van der Waals surface area contributed by atoms with Gasteiger partial charge in [-0.25, -0.2) is 0 Å². The zero-order chi connectivity index (χ0) is 16.7. The fourth-order valence-corrected chi connectivity index (χ4v) is 5.62. The van der Waals surface area contributed by atoms with Gasteiger partial charge in [-0.1, -0.05) is 32.0 Å². The molecule has 130 valence electrons. The maximum absolute atomic E-state index is 12.5.